The van der Waals surface area contributed by atoms with Crippen LogP contribution in [0.15, 0.2) is 57.9 Å². The van der Waals surface area contributed by atoms with Crippen molar-refractivity contribution in [3.05, 3.63) is 64.1 Å². The molecule has 10 heteroatoms. The molecular formula is C18H18BrN3O5S. The Morgan fingerprint density at radius 2 is 1.54 bits per heavy atom. The lowest BCUT2D eigenvalue weighted by molar-refractivity contribution is 0.0730. The van der Waals surface area contributed by atoms with Gasteiger partial charge >= 0.3 is 0 Å². The summed E-state index contributed by atoms with van der Waals surface area (Å²) < 4.78 is 32.7. The van der Waals surface area contributed by atoms with Crippen LogP contribution in [0, 0.1) is 0 Å². The zero-order chi connectivity index (χ0) is 20.1. The SMILES string of the molecule is O=C(NNC(=O)c1cccc(S(=O)(=O)N2CCOCC2)c1)c1ccc(Br)cc1. The molecule has 1 saturated heterocycles. The molecule has 148 valence electrons. The summed E-state index contributed by atoms with van der Waals surface area (Å²) in [4.78, 5) is 24.4. The molecule has 8 nitrogen and oxygen atoms in total. The van der Waals surface area contributed by atoms with Gasteiger partial charge in [-0.15, -0.1) is 0 Å². The number of nitrogens with one attached hydrogen (secondary N) is 2. The lowest BCUT2D eigenvalue weighted by Crippen LogP contribution is -2.42. The van der Waals surface area contributed by atoms with Crippen molar-refractivity contribution in [3.8, 4) is 0 Å². The van der Waals surface area contributed by atoms with Crippen molar-refractivity contribution in [2.24, 2.45) is 0 Å². The molecule has 3 rings (SSSR count). The molecule has 1 heterocycles. The van der Waals surface area contributed by atoms with Crippen LogP contribution in [-0.4, -0.2) is 50.8 Å². The van der Waals surface area contributed by atoms with Gasteiger partial charge in [0, 0.05) is 28.7 Å². The Morgan fingerprint density at radius 1 is 0.929 bits per heavy atom. The van der Waals surface area contributed by atoms with Gasteiger partial charge < -0.3 is 4.74 Å². The molecule has 0 spiro atoms. The zero-order valence-electron chi connectivity index (χ0n) is 14.7. The minimum Gasteiger partial charge on any atom is -0.379 e. The number of rotatable bonds is 4. The number of ether oxygens (including phenoxy) is 1. The highest BCUT2D eigenvalue weighted by Crippen LogP contribution is 2.18. The van der Waals surface area contributed by atoms with Crippen LogP contribution in [0.3, 0.4) is 0 Å². The Hall–Kier alpha value is -2.27. The van der Waals surface area contributed by atoms with Gasteiger partial charge in [-0.1, -0.05) is 22.0 Å². The predicted octanol–water partition coefficient (Wildman–Crippen LogP) is 1.54. The van der Waals surface area contributed by atoms with Crippen molar-refractivity contribution in [3.63, 3.8) is 0 Å². The van der Waals surface area contributed by atoms with Gasteiger partial charge in [0.1, 0.15) is 0 Å². The van der Waals surface area contributed by atoms with E-state index >= 15 is 0 Å². The van der Waals surface area contributed by atoms with Crippen LogP contribution in [0.4, 0.5) is 0 Å². The quantitative estimate of drug-likeness (QED) is 0.663. The lowest BCUT2D eigenvalue weighted by atomic mass is 10.2. The van der Waals surface area contributed by atoms with Crippen molar-refractivity contribution >= 4 is 37.8 Å². The van der Waals surface area contributed by atoms with E-state index < -0.39 is 21.8 Å². The standard InChI is InChI=1S/C18H18BrN3O5S/c19-15-6-4-13(5-7-15)17(23)20-21-18(24)14-2-1-3-16(12-14)28(25,26)22-8-10-27-11-9-22/h1-7,12H,8-11H2,(H,20,23)(H,21,24). The Kier molecular flexibility index (Phi) is 6.45. The summed E-state index contributed by atoms with van der Waals surface area (Å²) in [5.41, 5.74) is 5.08. The summed E-state index contributed by atoms with van der Waals surface area (Å²) >= 11 is 3.28. The Balaban J connectivity index is 1.68. The second-order valence-electron chi connectivity index (χ2n) is 5.96. The molecule has 0 aliphatic carbocycles. The number of morpholine rings is 1. The highest BCUT2D eigenvalue weighted by molar-refractivity contribution is 9.10. The van der Waals surface area contributed by atoms with Crippen LogP contribution in [0.5, 0.6) is 0 Å². The van der Waals surface area contributed by atoms with Crippen LogP contribution in [0.2, 0.25) is 0 Å². The van der Waals surface area contributed by atoms with Gasteiger partial charge in [0.2, 0.25) is 10.0 Å². The summed E-state index contributed by atoms with van der Waals surface area (Å²) in [5.74, 6) is -1.11. The van der Waals surface area contributed by atoms with E-state index in [1.165, 1.54) is 28.6 Å². The summed E-state index contributed by atoms with van der Waals surface area (Å²) in [7, 11) is -3.71. The third-order valence-corrected chi connectivity index (χ3v) is 6.52. The number of carbonyl (C=O) groups is 2. The number of carbonyl (C=O) groups excluding carboxylic acids is 2. The molecule has 0 atom stereocenters. The van der Waals surface area contributed by atoms with Crippen molar-refractivity contribution in [2.75, 3.05) is 26.3 Å². The maximum Gasteiger partial charge on any atom is 0.269 e. The van der Waals surface area contributed by atoms with E-state index in [2.05, 4.69) is 26.8 Å². The normalized spacial score (nSPS) is 15.0. The number of nitrogens with zero attached hydrogens (tertiary/aromatic N) is 1. The first-order valence-electron chi connectivity index (χ1n) is 8.42. The average molecular weight is 468 g/mol. The monoisotopic (exact) mass is 467 g/mol. The fourth-order valence-electron chi connectivity index (χ4n) is 2.59. The van der Waals surface area contributed by atoms with E-state index in [4.69, 9.17) is 4.74 Å². The third-order valence-electron chi connectivity index (χ3n) is 4.10. The fraction of sp³-hybridized carbons (Fsp3) is 0.222. The highest BCUT2D eigenvalue weighted by atomic mass is 79.9. The minimum atomic E-state index is -3.71. The van der Waals surface area contributed by atoms with Crippen LogP contribution in [-0.2, 0) is 14.8 Å². The molecule has 2 amide bonds. The second-order valence-corrected chi connectivity index (χ2v) is 8.81. The molecular weight excluding hydrogens is 450 g/mol. The molecule has 0 saturated carbocycles. The molecule has 2 aromatic carbocycles. The van der Waals surface area contributed by atoms with E-state index in [0.717, 1.165) is 4.47 Å². The molecule has 1 aliphatic heterocycles. The summed E-state index contributed by atoms with van der Waals surface area (Å²) in [6.07, 6.45) is 0. The number of sulfonamides is 1. The summed E-state index contributed by atoms with van der Waals surface area (Å²) in [6.45, 7) is 1.20. The molecule has 0 unspecified atom stereocenters. The molecule has 2 aromatic rings. The van der Waals surface area contributed by atoms with Gasteiger partial charge in [0.15, 0.2) is 0 Å². The maximum absolute atomic E-state index is 12.7. The number of hydrogen-bond donors (Lipinski definition) is 2. The van der Waals surface area contributed by atoms with Crippen molar-refractivity contribution in [1.29, 1.82) is 0 Å². The van der Waals surface area contributed by atoms with Crippen molar-refractivity contribution < 1.29 is 22.7 Å². The molecule has 2 N–H and O–H groups in total. The van der Waals surface area contributed by atoms with Gasteiger partial charge in [-0.25, -0.2) is 8.42 Å². The zero-order valence-corrected chi connectivity index (χ0v) is 17.1. The molecule has 28 heavy (non-hydrogen) atoms. The van der Waals surface area contributed by atoms with Gasteiger partial charge in [-0.3, -0.25) is 20.4 Å². The fourth-order valence-corrected chi connectivity index (χ4v) is 4.31. The Bertz CT molecular complexity index is 973. The lowest BCUT2D eigenvalue weighted by Gasteiger charge is -2.26. The van der Waals surface area contributed by atoms with Crippen LogP contribution < -0.4 is 10.9 Å². The van der Waals surface area contributed by atoms with Crippen LogP contribution >= 0.6 is 15.9 Å². The number of benzene rings is 2. The number of amides is 2. The maximum atomic E-state index is 12.7. The van der Waals surface area contributed by atoms with Crippen LogP contribution in [0.25, 0.3) is 0 Å². The van der Waals surface area contributed by atoms with Crippen molar-refractivity contribution in [1.82, 2.24) is 15.2 Å². The van der Waals surface area contributed by atoms with E-state index in [1.807, 2.05) is 0 Å². The van der Waals surface area contributed by atoms with Gasteiger partial charge in [-0.05, 0) is 42.5 Å². The molecule has 1 fully saturated rings. The first-order valence-corrected chi connectivity index (χ1v) is 10.7. The summed E-state index contributed by atoms with van der Waals surface area (Å²) in [5, 5.41) is 0. The second kappa shape index (κ2) is 8.82. The van der Waals surface area contributed by atoms with E-state index in [9.17, 15) is 18.0 Å². The summed E-state index contributed by atoms with van der Waals surface area (Å²) in [6, 6.07) is 12.3. The average Bonchev–Trinajstić information content (AvgIpc) is 2.73. The number of hydrazine groups is 1. The molecule has 0 aromatic heterocycles. The first-order chi connectivity index (χ1) is 13.4. The van der Waals surface area contributed by atoms with E-state index in [1.54, 1.807) is 24.3 Å². The van der Waals surface area contributed by atoms with Gasteiger partial charge in [0.05, 0.1) is 18.1 Å². The predicted molar refractivity (Wildman–Crippen MR) is 105 cm³/mol. The van der Waals surface area contributed by atoms with E-state index in [0.29, 0.717) is 18.8 Å². The van der Waals surface area contributed by atoms with Gasteiger partial charge in [0.25, 0.3) is 11.8 Å². The van der Waals surface area contributed by atoms with Crippen LogP contribution in [0.1, 0.15) is 20.7 Å². The van der Waals surface area contributed by atoms with Crippen molar-refractivity contribution in [2.45, 2.75) is 4.90 Å². The van der Waals surface area contributed by atoms with Gasteiger partial charge in [-0.2, -0.15) is 4.31 Å². The highest BCUT2D eigenvalue weighted by Gasteiger charge is 2.26. The first kappa shape index (κ1) is 20.5. The topological polar surface area (TPSA) is 105 Å². The molecule has 0 radical (unpaired) electrons. The third kappa shape index (κ3) is 4.76. The number of halogens is 1. The van der Waals surface area contributed by atoms with E-state index in [-0.39, 0.29) is 23.5 Å². The molecule has 0 bridgehead atoms. The minimum absolute atomic E-state index is 0.0151. The smallest absolute Gasteiger partial charge is 0.269 e. The Labute approximate surface area is 171 Å². The molecule has 1 aliphatic rings. The largest absolute Gasteiger partial charge is 0.379 e. The number of hydrogen-bond acceptors (Lipinski definition) is 5. The Morgan fingerprint density at radius 3 is 2.18 bits per heavy atom.